The summed E-state index contributed by atoms with van der Waals surface area (Å²) in [5.74, 6) is 2.64. The molecular weight excluding hydrogens is 307 g/mol. The molecule has 4 rings (SSSR count). The van der Waals surface area contributed by atoms with E-state index in [9.17, 15) is 4.39 Å². The Bertz CT molecular complexity index is 715. The van der Waals surface area contributed by atoms with Gasteiger partial charge in [-0.05, 0) is 43.9 Å². The third kappa shape index (κ3) is 3.15. The second-order valence-corrected chi connectivity index (χ2v) is 6.60. The van der Waals surface area contributed by atoms with Crippen LogP contribution in [0.15, 0.2) is 18.2 Å². The van der Waals surface area contributed by atoms with Gasteiger partial charge in [0.25, 0.3) is 0 Å². The molecule has 2 aliphatic rings. The van der Waals surface area contributed by atoms with Crippen LogP contribution in [-0.2, 0) is 19.5 Å². The molecule has 5 nitrogen and oxygen atoms in total. The standard InChI is InChI=1S/C18H23FN4O/c19-13-7-8-16-14(11-13)15(5-4-10-24-16)20-12-18-22-21-17-6-2-1-3-9-23(17)18/h7-8,11,15,20H,1-6,9-10,12H2. The van der Waals surface area contributed by atoms with Crippen LogP contribution in [-0.4, -0.2) is 21.4 Å². The number of benzene rings is 1. The van der Waals surface area contributed by atoms with Gasteiger partial charge in [-0.15, -0.1) is 10.2 Å². The van der Waals surface area contributed by atoms with Gasteiger partial charge in [0.15, 0.2) is 0 Å². The summed E-state index contributed by atoms with van der Waals surface area (Å²) in [5.41, 5.74) is 0.906. The first kappa shape index (κ1) is 15.6. The number of hydrogen-bond donors (Lipinski definition) is 1. The van der Waals surface area contributed by atoms with Gasteiger partial charge in [-0.3, -0.25) is 0 Å². The Labute approximate surface area is 141 Å². The van der Waals surface area contributed by atoms with Crippen molar-refractivity contribution in [2.45, 2.75) is 57.7 Å². The van der Waals surface area contributed by atoms with Gasteiger partial charge in [-0.2, -0.15) is 0 Å². The smallest absolute Gasteiger partial charge is 0.147 e. The SMILES string of the molecule is Fc1ccc2c(c1)C(NCc1nnc3n1CCCCC3)CCCO2. The summed E-state index contributed by atoms with van der Waals surface area (Å²) < 4.78 is 21.7. The van der Waals surface area contributed by atoms with Crippen molar-refractivity contribution >= 4 is 0 Å². The zero-order valence-electron chi connectivity index (χ0n) is 13.8. The van der Waals surface area contributed by atoms with Crippen molar-refractivity contribution in [3.63, 3.8) is 0 Å². The monoisotopic (exact) mass is 330 g/mol. The number of aromatic nitrogens is 3. The lowest BCUT2D eigenvalue weighted by atomic mass is 10.0. The van der Waals surface area contributed by atoms with Crippen LogP contribution in [0.1, 0.15) is 55.4 Å². The molecule has 1 unspecified atom stereocenters. The molecule has 2 aromatic rings. The Morgan fingerprint density at radius 1 is 1.21 bits per heavy atom. The zero-order chi connectivity index (χ0) is 16.4. The molecule has 0 fully saturated rings. The molecule has 0 aliphatic carbocycles. The molecule has 2 aliphatic heterocycles. The molecule has 1 N–H and O–H groups in total. The minimum absolute atomic E-state index is 0.0805. The molecule has 1 atom stereocenters. The highest BCUT2D eigenvalue weighted by Gasteiger charge is 2.21. The molecular formula is C18H23FN4O. The number of rotatable bonds is 3. The van der Waals surface area contributed by atoms with E-state index in [0.717, 1.165) is 48.8 Å². The second-order valence-electron chi connectivity index (χ2n) is 6.60. The van der Waals surface area contributed by atoms with Crippen LogP contribution in [0.4, 0.5) is 4.39 Å². The Morgan fingerprint density at radius 3 is 3.12 bits per heavy atom. The van der Waals surface area contributed by atoms with Crippen LogP contribution in [0, 0.1) is 5.82 Å². The van der Waals surface area contributed by atoms with Gasteiger partial charge < -0.3 is 14.6 Å². The minimum Gasteiger partial charge on any atom is -0.493 e. The third-order valence-corrected chi connectivity index (χ3v) is 4.93. The van der Waals surface area contributed by atoms with Gasteiger partial charge in [0.2, 0.25) is 0 Å². The highest BCUT2D eigenvalue weighted by atomic mass is 19.1. The molecule has 0 radical (unpaired) electrons. The summed E-state index contributed by atoms with van der Waals surface area (Å²) in [6, 6.07) is 4.85. The van der Waals surface area contributed by atoms with Gasteiger partial charge in [0, 0.05) is 24.6 Å². The Kier molecular flexibility index (Phi) is 4.47. The van der Waals surface area contributed by atoms with E-state index >= 15 is 0 Å². The van der Waals surface area contributed by atoms with Crippen LogP contribution in [0.5, 0.6) is 5.75 Å². The van der Waals surface area contributed by atoms with E-state index in [4.69, 9.17) is 4.74 Å². The normalized spacial score (nSPS) is 20.5. The molecule has 1 aromatic heterocycles. The first-order chi connectivity index (χ1) is 11.8. The molecule has 0 amide bonds. The van der Waals surface area contributed by atoms with Crippen molar-refractivity contribution in [2.24, 2.45) is 0 Å². The molecule has 0 spiro atoms. The molecule has 0 bridgehead atoms. The predicted octanol–water partition coefficient (Wildman–Crippen LogP) is 3.15. The number of fused-ring (bicyclic) bond motifs is 2. The van der Waals surface area contributed by atoms with Crippen molar-refractivity contribution in [3.05, 3.63) is 41.2 Å². The molecule has 6 heteroatoms. The van der Waals surface area contributed by atoms with Crippen molar-refractivity contribution in [1.82, 2.24) is 20.1 Å². The minimum atomic E-state index is -0.220. The second kappa shape index (κ2) is 6.89. The van der Waals surface area contributed by atoms with Gasteiger partial charge in [0.1, 0.15) is 23.2 Å². The molecule has 0 saturated carbocycles. The summed E-state index contributed by atoms with van der Waals surface area (Å²) in [6.45, 7) is 2.32. The van der Waals surface area contributed by atoms with Crippen LogP contribution >= 0.6 is 0 Å². The summed E-state index contributed by atoms with van der Waals surface area (Å²) in [7, 11) is 0. The van der Waals surface area contributed by atoms with Crippen molar-refractivity contribution in [3.8, 4) is 5.75 Å². The van der Waals surface area contributed by atoms with Gasteiger partial charge in [-0.1, -0.05) is 6.42 Å². The van der Waals surface area contributed by atoms with Crippen LogP contribution in [0.2, 0.25) is 0 Å². The van der Waals surface area contributed by atoms with E-state index in [1.54, 1.807) is 12.1 Å². The van der Waals surface area contributed by atoms with E-state index in [0.29, 0.717) is 13.2 Å². The predicted molar refractivity (Wildman–Crippen MR) is 88.3 cm³/mol. The average molecular weight is 330 g/mol. The van der Waals surface area contributed by atoms with E-state index < -0.39 is 0 Å². The molecule has 1 aromatic carbocycles. The Morgan fingerprint density at radius 2 is 2.17 bits per heavy atom. The maximum absolute atomic E-state index is 13.7. The molecule has 3 heterocycles. The fourth-order valence-corrected chi connectivity index (χ4v) is 3.65. The summed E-state index contributed by atoms with van der Waals surface area (Å²) in [6.07, 6.45) is 6.52. The maximum Gasteiger partial charge on any atom is 0.147 e. The van der Waals surface area contributed by atoms with E-state index in [-0.39, 0.29) is 11.9 Å². The maximum atomic E-state index is 13.7. The lowest BCUT2D eigenvalue weighted by molar-refractivity contribution is 0.314. The average Bonchev–Trinajstić information content (AvgIpc) is 2.77. The van der Waals surface area contributed by atoms with Crippen LogP contribution < -0.4 is 10.1 Å². The fraction of sp³-hybridized carbons (Fsp3) is 0.556. The Balaban J connectivity index is 1.52. The number of nitrogens with zero attached hydrogens (tertiary/aromatic N) is 3. The highest BCUT2D eigenvalue weighted by molar-refractivity contribution is 5.37. The van der Waals surface area contributed by atoms with Gasteiger partial charge in [-0.25, -0.2) is 4.39 Å². The lowest BCUT2D eigenvalue weighted by Gasteiger charge is -2.18. The number of aryl methyl sites for hydroxylation is 1. The topological polar surface area (TPSA) is 52.0 Å². The number of halogens is 1. The summed E-state index contributed by atoms with van der Waals surface area (Å²) in [5, 5.41) is 12.3. The first-order valence-corrected chi connectivity index (χ1v) is 8.88. The molecule has 128 valence electrons. The van der Waals surface area contributed by atoms with Crippen molar-refractivity contribution < 1.29 is 9.13 Å². The highest BCUT2D eigenvalue weighted by Crippen LogP contribution is 2.32. The van der Waals surface area contributed by atoms with Crippen LogP contribution in [0.3, 0.4) is 0 Å². The Hall–Kier alpha value is -1.95. The number of nitrogens with one attached hydrogen (secondary N) is 1. The summed E-state index contributed by atoms with van der Waals surface area (Å²) in [4.78, 5) is 0. The molecule has 0 saturated heterocycles. The van der Waals surface area contributed by atoms with Crippen molar-refractivity contribution in [2.75, 3.05) is 6.61 Å². The van der Waals surface area contributed by atoms with Crippen molar-refractivity contribution in [1.29, 1.82) is 0 Å². The summed E-state index contributed by atoms with van der Waals surface area (Å²) >= 11 is 0. The van der Waals surface area contributed by atoms with E-state index in [2.05, 4.69) is 20.1 Å². The van der Waals surface area contributed by atoms with E-state index in [1.165, 1.54) is 25.3 Å². The number of ether oxygens (including phenoxy) is 1. The zero-order valence-corrected chi connectivity index (χ0v) is 13.8. The third-order valence-electron chi connectivity index (χ3n) is 4.93. The quantitative estimate of drug-likeness (QED) is 0.939. The number of hydrogen-bond acceptors (Lipinski definition) is 4. The van der Waals surface area contributed by atoms with Gasteiger partial charge >= 0.3 is 0 Å². The first-order valence-electron chi connectivity index (χ1n) is 8.88. The fourth-order valence-electron chi connectivity index (χ4n) is 3.65. The van der Waals surface area contributed by atoms with Gasteiger partial charge in [0.05, 0.1) is 13.2 Å². The lowest BCUT2D eigenvalue weighted by Crippen LogP contribution is -2.23. The van der Waals surface area contributed by atoms with E-state index in [1.807, 2.05) is 0 Å². The largest absolute Gasteiger partial charge is 0.493 e. The molecule has 24 heavy (non-hydrogen) atoms. The van der Waals surface area contributed by atoms with Crippen LogP contribution in [0.25, 0.3) is 0 Å².